The summed E-state index contributed by atoms with van der Waals surface area (Å²) in [6.07, 6.45) is 2.51. The summed E-state index contributed by atoms with van der Waals surface area (Å²) in [5.41, 5.74) is 1.30. The second-order valence-corrected chi connectivity index (χ2v) is 4.93. The minimum absolute atomic E-state index is 0.757. The summed E-state index contributed by atoms with van der Waals surface area (Å²) in [4.78, 5) is 2.32. The van der Waals surface area contributed by atoms with E-state index in [1.807, 2.05) is 0 Å². The maximum atomic E-state index is 5.75. The van der Waals surface area contributed by atoms with Crippen molar-refractivity contribution in [2.45, 2.75) is 33.2 Å². The van der Waals surface area contributed by atoms with Gasteiger partial charge in [-0.05, 0) is 44.3 Å². The fourth-order valence-electron chi connectivity index (χ4n) is 1.83. The lowest BCUT2D eigenvalue weighted by Crippen LogP contribution is -2.25. The quantitative estimate of drug-likeness (QED) is 0.703. The van der Waals surface area contributed by atoms with E-state index in [1.54, 1.807) is 0 Å². The van der Waals surface area contributed by atoms with E-state index in [2.05, 4.69) is 55.4 Å². The third kappa shape index (κ3) is 7.19. The van der Waals surface area contributed by atoms with Crippen molar-refractivity contribution in [3.05, 3.63) is 29.8 Å². The minimum atomic E-state index is 0.757. The van der Waals surface area contributed by atoms with Crippen molar-refractivity contribution in [1.82, 2.24) is 10.2 Å². The van der Waals surface area contributed by atoms with Crippen LogP contribution in [0.1, 0.15) is 32.3 Å². The van der Waals surface area contributed by atoms with Gasteiger partial charge in [-0.3, -0.25) is 0 Å². The van der Waals surface area contributed by atoms with Crippen molar-refractivity contribution < 1.29 is 4.74 Å². The predicted molar refractivity (Wildman–Crippen MR) is 81.7 cm³/mol. The highest BCUT2D eigenvalue weighted by Gasteiger charge is 1.99. The van der Waals surface area contributed by atoms with E-state index in [0.29, 0.717) is 0 Å². The first-order valence-electron chi connectivity index (χ1n) is 7.37. The van der Waals surface area contributed by atoms with Crippen molar-refractivity contribution in [2.75, 3.05) is 33.3 Å². The summed E-state index contributed by atoms with van der Waals surface area (Å²) < 4.78 is 5.75. The molecule has 0 fully saturated rings. The van der Waals surface area contributed by atoms with Crippen LogP contribution >= 0.6 is 0 Å². The Labute approximate surface area is 118 Å². The van der Waals surface area contributed by atoms with E-state index in [4.69, 9.17) is 4.74 Å². The molecule has 0 spiro atoms. The Morgan fingerprint density at radius 3 is 2.47 bits per heavy atom. The number of ether oxygens (including phenoxy) is 1. The van der Waals surface area contributed by atoms with Crippen molar-refractivity contribution in [2.24, 2.45) is 0 Å². The molecule has 3 heteroatoms. The summed E-state index contributed by atoms with van der Waals surface area (Å²) in [6.45, 7) is 9.16. The first-order valence-corrected chi connectivity index (χ1v) is 7.37. The zero-order valence-corrected chi connectivity index (χ0v) is 12.6. The highest BCUT2D eigenvalue weighted by Crippen LogP contribution is 2.12. The molecule has 0 saturated carbocycles. The maximum Gasteiger partial charge on any atom is 0.119 e. The highest BCUT2D eigenvalue weighted by molar-refractivity contribution is 5.27. The summed E-state index contributed by atoms with van der Waals surface area (Å²) >= 11 is 0. The highest BCUT2D eigenvalue weighted by atomic mass is 16.5. The molecule has 0 atom stereocenters. The van der Waals surface area contributed by atoms with Gasteiger partial charge in [-0.1, -0.05) is 32.4 Å². The van der Waals surface area contributed by atoms with Crippen LogP contribution in [-0.2, 0) is 6.54 Å². The van der Waals surface area contributed by atoms with Crippen LogP contribution in [0.2, 0.25) is 0 Å². The Morgan fingerprint density at radius 1 is 1.11 bits per heavy atom. The van der Waals surface area contributed by atoms with Gasteiger partial charge in [-0.2, -0.15) is 0 Å². The molecule has 0 bridgehead atoms. The molecule has 0 aliphatic rings. The molecule has 0 heterocycles. The number of hydrogen-bond donors (Lipinski definition) is 1. The number of nitrogens with zero attached hydrogens (tertiary/aromatic N) is 1. The zero-order chi connectivity index (χ0) is 13.9. The molecule has 0 radical (unpaired) electrons. The van der Waals surface area contributed by atoms with Crippen molar-refractivity contribution in [1.29, 1.82) is 0 Å². The largest absolute Gasteiger partial charge is 0.492 e. The molecule has 0 saturated heterocycles. The molecule has 0 amide bonds. The summed E-state index contributed by atoms with van der Waals surface area (Å²) in [7, 11) is 2.15. The molecule has 19 heavy (non-hydrogen) atoms. The minimum Gasteiger partial charge on any atom is -0.492 e. The van der Waals surface area contributed by atoms with Crippen LogP contribution in [0.3, 0.4) is 0 Å². The SMILES string of the molecule is CCCCN(C)CCOc1ccc(CNCC)cc1. The summed E-state index contributed by atoms with van der Waals surface area (Å²) in [6, 6.07) is 8.36. The molecule has 1 rings (SSSR count). The topological polar surface area (TPSA) is 24.5 Å². The van der Waals surface area contributed by atoms with E-state index in [1.165, 1.54) is 18.4 Å². The molecule has 0 aromatic heterocycles. The Balaban J connectivity index is 2.22. The summed E-state index contributed by atoms with van der Waals surface area (Å²) in [5.74, 6) is 0.962. The molecule has 1 N–H and O–H groups in total. The first kappa shape index (κ1) is 16.0. The van der Waals surface area contributed by atoms with Crippen molar-refractivity contribution >= 4 is 0 Å². The lowest BCUT2D eigenvalue weighted by molar-refractivity contribution is 0.235. The van der Waals surface area contributed by atoms with E-state index < -0.39 is 0 Å². The number of nitrogens with one attached hydrogen (secondary N) is 1. The first-order chi connectivity index (χ1) is 9.26. The van der Waals surface area contributed by atoms with E-state index in [9.17, 15) is 0 Å². The van der Waals surface area contributed by atoms with Crippen LogP contribution in [0.5, 0.6) is 5.75 Å². The normalized spacial score (nSPS) is 10.9. The van der Waals surface area contributed by atoms with Gasteiger partial charge in [0.2, 0.25) is 0 Å². The van der Waals surface area contributed by atoms with Gasteiger partial charge >= 0.3 is 0 Å². The van der Waals surface area contributed by atoms with Gasteiger partial charge < -0.3 is 15.0 Å². The van der Waals surface area contributed by atoms with Crippen molar-refractivity contribution in [3.8, 4) is 5.75 Å². The van der Waals surface area contributed by atoms with E-state index in [-0.39, 0.29) is 0 Å². The lowest BCUT2D eigenvalue weighted by atomic mass is 10.2. The Bertz CT molecular complexity index is 324. The third-order valence-corrected chi connectivity index (χ3v) is 3.14. The van der Waals surface area contributed by atoms with Crippen LogP contribution in [0.4, 0.5) is 0 Å². The Morgan fingerprint density at radius 2 is 1.84 bits per heavy atom. The Hall–Kier alpha value is -1.06. The molecular formula is C16H28N2O. The van der Waals surface area contributed by atoms with Gasteiger partial charge in [0.25, 0.3) is 0 Å². The predicted octanol–water partition coefficient (Wildman–Crippen LogP) is 2.91. The number of likely N-dealkylation sites (N-methyl/N-ethyl adjacent to an activating group) is 1. The number of benzene rings is 1. The van der Waals surface area contributed by atoms with Crippen LogP contribution in [0.25, 0.3) is 0 Å². The standard InChI is InChI=1S/C16H28N2O/c1-4-6-11-18(3)12-13-19-16-9-7-15(8-10-16)14-17-5-2/h7-10,17H,4-6,11-14H2,1-3H3. The molecule has 0 unspecified atom stereocenters. The monoisotopic (exact) mass is 264 g/mol. The molecule has 1 aromatic carbocycles. The van der Waals surface area contributed by atoms with Gasteiger partial charge in [0, 0.05) is 13.1 Å². The van der Waals surface area contributed by atoms with Crippen molar-refractivity contribution in [3.63, 3.8) is 0 Å². The van der Waals surface area contributed by atoms with E-state index in [0.717, 1.165) is 38.5 Å². The summed E-state index contributed by atoms with van der Waals surface area (Å²) in [5, 5.41) is 3.31. The van der Waals surface area contributed by atoms with Crippen LogP contribution in [-0.4, -0.2) is 38.2 Å². The fraction of sp³-hybridized carbons (Fsp3) is 0.625. The van der Waals surface area contributed by atoms with Crippen LogP contribution in [0.15, 0.2) is 24.3 Å². The van der Waals surface area contributed by atoms with Gasteiger partial charge in [-0.15, -0.1) is 0 Å². The van der Waals surface area contributed by atoms with Gasteiger partial charge in [0.15, 0.2) is 0 Å². The number of unbranched alkanes of at least 4 members (excludes halogenated alkanes) is 1. The average Bonchev–Trinajstić information content (AvgIpc) is 2.44. The average molecular weight is 264 g/mol. The number of hydrogen-bond acceptors (Lipinski definition) is 3. The lowest BCUT2D eigenvalue weighted by Gasteiger charge is -2.16. The smallest absolute Gasteiger partial charge is 0.119 e. The van der Waals surface area contributed by atoms with Gasteiger partial charge in [0.1, 0.15) is 12.4 Å². The third-order valence-electron chi connectivity index (χ3n) is 3.14. The van der Waals surface area contributed by atoms with Crippen LogP contribution < -0.4 is 10.1 Å². The Kier molecular flexibility index (Phi) is 8.26. The van der Waals surface area contributed by atoms with Crippen LogP contribution in [0, 0.1) is 0 Å². The molecule has 108 valence electrons. The molecule has 1 aromatic rings. The fourth-order valence-corrected chi connectivity index (χ4v) is 1.83. The van der Waals surface area contributed by atoms with E-state index >= 15 is 0 Å². The van der Waals surface area contributed by atoms with Gasteiger partial charge in [0.05, 0.1) is 0 Å². The molecular weight excluding hydrogens is 236 g/mol. The molecule has 0 aliphatic heterocycles. The van der Waals surface area contributed by atoms with Gasteiger partial charge in [-0.25, -0.2) is 0 Å². The second kappa shape index (κ2) is 9.82. The second-order valence-electron chi connectivity index (χ2n) is 4.93. The molecule has 0 aliphatic carbocycles. The molecule has 3 nitrogen and oxygen atoms in total. The number of rotatable bonds is 10. The zero-order valence-electron chi connectivity index (χ0n) is 12.6. The maximum absolute atomic E-state index is 5.75.